The molecular weight excluding hydrogens is 420 g/mol. The minimum Gasteiger partial charge on any atom is -0.497 e. The van der Waals surface area contributed by atoms with Crippen LogP contribution in [0, 0.1) is 0 Å². The summed E-state index contributed by atoms with van der Waals surface area (Å²) in [5.74, 6) is 1.52. The lowest BCUT2D eigenvalue weighted by molar-refractivity contribution is -0.142. The first-order chi connectivity index (χ1) is 15.0. The van der Waals surface area contributed by atoms with E-state index < -0.39 is 18.1 Å². The topological polar surface area (TPSA) is 106 Å². The molecule has 0 saturated heterocycles. The summed E-state index contributed by atoms with van der Waals surface area (Å²) in [4.78, 5) is 34.9. The van der Waals surface area contributed by atoms with Crippen molar-refractivity contribution in [1.29, 1.82) is 0 Å². The third-order valence-electron chi connectivity index (χ3n) is 5.31. The number of amides is 2. The van der Waals surface area contributed by atoms with E-state index in [-0.39, 0.29) is 6.03 Å². The van der Waals surface area contributed by atoms with E-state index in [9.17, 15) is 9.59 Å². The number of H-pyrrole nitrogens is 1. The van der Waals surface area contributed by atoms with Crippen molar-refractivity contribution in [2.75, 3.05) is 39.9 Å². The van der Waals surface area contributed by atoms with Gasteiger partial charge in [0.05, 0.1) is 33.4 Å². The minimum absolute atomic E-state index is 0.361. The third-order valence-corrected chi connectivity index (χ3v) is 5.96. The van der Waals surface area contributed by atoms with Crippen molar-refractivity contribution in [3.05, 3.63) is 41.5 Å². The Morgan fingerprint density at radius 3 is 2.81 bits per heavy atom. The smallest absolute Gasteiger partial charge is 0.328 e. The summed E-state index contributed by atoms with van der Waals surface area (Å²) in [6.07, 6.45) is 4.68. The number of hydrogen-bond acceptors (Lipinski definition) is 7. The number of rotatable bonds is 8. The van der Waals surface area contributed by atoms with Crippen LogP contribution in [-0.2, 0) is 16.0 Å². The van der Waals surface area contributed by atoms with E-state index in [1.165, 1.54) is 7.11 Å². The number of fused-ring (bicyclic) bond motifs is 1. The van der Waals surface area contributed by atoms with Gasteiger partial charge in [-0.3, -0.25) is 0 Å². The summed E-state index contributed by atoms with van der Waals surface area (Å²) in [6, 6.07) is 3.87. The third kappa shape index (κ3) is 4.90. The van der Waals surface area contributed by atoms with Gasteiger partial charge in [0.25, 0.3) is 0 Å². The van der Waals surface area contributed by atoms with Crippen molar-refractivity contribution >= 4 is 23.8 Å². The molecule has 9 nitrogen and oxygen atoms in total. The Kier molecular flexibility index (Phi) is 7.67. The van der Waals surface area contributed by atoms with E-state index in [1.807, 2.05) is 12.3 Å². The Morgan fingerprint density at radius 1 is 1.32 bits per heavy atom. The molecule has 2 atom stereocenters. The molecule has 0 aliphatic carbocycles. The summed E-state index contributed by atoms with van der Waals surface area (Å²) < 4.78 is 15.9. The van der Waals surface area contributed by atoms with Crippen molar-refractivity contribution in [2.24, 2.45) is 0 Å². The number of hydrogen-bond donors (Lipinski definition) is 2. The molecular formula is C21H28N4O5S. The normalized spacial score (nSPS) is 16.3. The molecule has 1 aliphatic rings. The highest BCUT2D eigenvalue weighted by atomic mass is 32.2. The molecule has 2 heterocycles. The van der Waals surface area contributed by atoms with Crippen LogP contribution in [0.4, 0.5) is 4.79 Å². The SMILES string of the molecule is COC(=O)[C@H](CCSC)NC(=O)N1CCc2[nH]cnc2[C@@H]1c1cc(OC)ccc1OC. The average molecular weight is 449 g/mol. The number of benzene rings is 1. The number of thioether (sulfide) groups is 1. The Labute approximate surface area is 185 Å². The molecule has 0 spiro atoms. The fourth-order valence-corrected chi connectivity index (χ4v) is 4.19. The molecule has 2 aromatic rings. The maximum atomic E-state index is 13.4. The Bertz CT molecular complexity index is 919. The first-order valence-corrected chi connectivity index (χ1v) is 11.3. The largest absolute Gasteiger partial charge is 0.497 e. The predicted octanol–water partition coefficient (Wildman–Crippen LogP) is 2.38. The number of methoxy groups -OCH3 is 3. The molecule has 0 unspecified atom stereocenters. The van der Waals surface area contributed by atoms with Crippen molar-refractivity contribution in [1.82, 2.24) is 20.2 Å². The van der Waals surface area contributed by atoms with E-state index >= 15 is 0 Å². The summed E-state index contributed by atoms with van der Waals surface area (Å²) >= 11 is 1.60. The van der Waals surface area contributed by atoms with Gasteiger partial charge in [-0.15, -0.1) is 0 Å². The molecule has 0 bridgehead atoms. The van der Waals surface area contributed by atoms with Gasteiger partial charge in [0.2, 0.25) is 0 Å². The first-order valence-electron chi connectivity index (χ1n) is 9.92. The highest BCUT2D eigenvalue weighted by Crippen LogP contribution is 2.39. The molecule has 31 heavy (non-hydrogen) atoms. The van der Waals surface area contributed by atoms with Crippen LogP contribution < -0.4 is 14.8 Å². The van der Waals surface area contributed by atoms with Crippen molar-refractivity contribution in [3.8, 4) is 11.5 Å². The number of urea groups is 1. The number of esters is 1. The summed E-state index contributed by atoms with van der Waals surface area (Å²) in [5, 5.41) is 2.85. The number of imidazole rings is 1. The number of nitrogens with one attached hydrogen (secondary N) is 2. The number of carbonyl (C=O) groups excluding carboxylic acids is 2. The second kappa shape index (κ2) is 10.4. The first kappa shape index (κ1) is 22.8. The Morgan fingerprint density at radius 2 is 2.13 bits per heavy atom. The van der Waals surface area contributed by atoms with Gasteiger partial charge in [0, 0.05) is 24.2 Å². The van der Waals surface area contributed by atoms with Gasteiger partial charge in [0.1, 0.15) is 23.6 Å². The standard InChI is InChI=1S/C21H28N4O5S/c1-28-13-5-6-17(29-2)14(11-13)19-18-15(22-12-23-18)7-9-25(19)21(27)24-16(8-10-31-4)20(26)30-3/h5-6,11-12,16,19H,7-10H2,1-4H3,(H,22,23)(H,24,27)/t16-,19-/m0/s1. The van der Waals surface area contributed by atoms with Gasteiger partial charge in [0.15, 0.2) is 0 Å². The second-order valence-corrected chi connectivity index (χ2v) is 8.01. The Balaban J connectivity index is 1.97. The molecule has 2 amide bonds. The van der Waals surface area contributed by atoms with Crippen LogP contribution in [0.1, 0.15) is 29.4 Å². The van der Waals surface area contributed by atoms with Gasteiger partial charge in [-0.25, -0.2) is 14.6 Å². The van der Waals surface area contributed by atoms with Crippen molar-refractivity contribution in [3.63, 3.8) is 0 Å². The lowest BCUT2D eigenvalue weighted by Crippen LogP contribution is -2.51. The fraction of sp³-hybridized carbons (Fsp3) is 0.476. The van der Waals surface area contributed by atoms with Crippen LogP contribution in [0.2, 0.25) is 0 Å². The lowest BCUT2D eigenvalue weighted by atomic mass is 9.95. The van der Waals surface area contributed by atoms with Crippen LogP contribution in [-0.4, -0.2) is 72.8 Å². The molecule has 0 fully saturated rings. The van der Waals surface area contributed by atoms with E-state index in [2.05, 4.69) is 15.3 Å². The van der Waals surface area contributed by atoms with Crippen molar-refractivity contribution < 1.29 is 23.8 Å². The maximum absolute atomic E-state index is 13.4. The maximum Gasteiger partial charge on any atom is 0.328 e. The number of ether oxygens (including phenoxy) is 3. The molecule has 0 saturated carbocycles. The van der Waals surface area contributed by atoms with Gasteiger partial charge >= 0.3 is 12.0 Å². The van der Waals surface area contributed by atoms with Gasteiger partial charge in [-0.1, -0.05) is 0 Å². The zero-order chi connectivity index (χ0) is 22.4. The Hall–Kier alpha value is -2.88. The molecule has 168 valence electrons. The van der Waals surface area contributed by atoms with Crippen LogP contribution >= 0.6 is 11.8 Å². The second-order valence-electron chi connectivity index (χ2n) is 7.03. The molecule has 1 aliphatic heterocycles. The average Bonchev–Trinajstić information content (AvgIpc) is 3.28. The van der Waals surface area contributed by atoms with Crippen LogP contribution in [0.25, 0.3) is 0 Å². The monoisotopic (exact) mass is 448 g/mol. The quantitative estimate of drug-likeness (QED) is 0.597. The molecule has 2 N–H and O–H groups in total. The predicted molar refractivity (Wildman–Crippen MR) is 118 cm³/mol. The fourth-order valence-electron chi connectivity index (χ4n) is 3.72. The highest BCUT2D eigenvalue weighted by molar-refractivity contribution is 7.98. The zero-order valence-electron chi connectivity index (χ0n) is 18.1. The van der Waals surface area contributed by atoms with Gasteiger partial charge in [-0.2, -0.15) is 11.8 Å². The molecule has 1 aromatic carbocycles. The molecule has 3 rings (SSSR count). The number of carbonyl (C=O) groups is 2. The summed E-state index contributed by atoms with van der Waals surface area (Å²) in [6.45, 7) is 0.447. The van der Waals surface area contributed by atoms with E-state index in [1.54, 1.807) is 49.3 Å². The lowest BCUT2D eigenvalue weighted by Gasteiger charge is -2.36. The number of aromatic amines is 1. The number of aromatic nitrogens is 2. The van der Waals surface area contributed by atoms with Gasteiger partial charge in [-0.05, 0) is 36.6 Å². The molecule has 0 radical (unpaired) electrons. The van der Waals surface area contributed by atoms with E-state index in [0.29, 0.717) is 30.9 Å². The summed E-state index contributed by atoms with van der Waals surface area (Å²) in [7, 11) is 4.49. The number of nitrogens with zero attached hydrogens (tertiary/aromatic N) is 2. The summed E-state index contributed by atoms with van der Waals surface area (Å²) in [5.41, 5.74) is 2.46. The van der Waals surface area contributed by atoms with Gasteiger partial charge < -0.3 is 29.4 Å². The molecule has 1 aromatic heterocycles. The zero-order valence-corrected chi connectivity index (χ0v) is 19.0. The van der Waals surface area contributed by atoms with Crippen LogP contribution in [0.15, 0.2) is 24.5 Å². The van der Waals surface area contributed by atoms with E-state index in [0.717, 1.165) is 22.7 Å². The highest BCUT2D eigenvalue weighted by Gasteiger charge is 2.37. The van der Waals surface area contributed by atoms with Crippen molar-refractivity contribution in [2.45, 2.75) is 24.9 Å². The minimum atomic E-state index is -0.724. The van der Waals surface area contributed by atoms with E-state index in [4.69, 9.17) is 14.2 Å². The van der Waals surface area contributed by atoms with Crippen LogP contribution in [0.3, 0.4) is 0 Å². The molecule has 10 heteroatoms. The van der Waals surface area contributed by atoms with Crippen LogP contribution in [0.5, 0.6) is 11.5 Å².